The molecule has 0 spiro atoms. The Morgan fingerprint density at radius 1 is 0.657 bits per heavy atom. The third-order valence-electron chi connectivity index (χ3n) is 7.68. The van der Waals surface area contributed by atoms with Crippen LogP contribution < -0.4 is 9.47 Å². The summed E-state index contributed by atoms with van der Waals surface area (Å²) in [6.07, 6.45) is 9.02. The van der Waals surface area contributed by atoms with Gasteiger partial charge in [0.25, 0.3) is 0 Å². The van der Waals surface area contributed by atoms with E-state index < -0.39 is 0 Å². The van der Waals surface area contributed by atoms with Crippen LogP contribution in [0.4, 0.5) is 0 Å². The van der Waals surface area contributed by atoms with Crippen LogP contribution in [0.15, 0.2) is 66.2 Å². The van der Waals surface area contributed by atoms with Gasteiger partial charge in [-0.1, -0.05) is 86.9 Å². The molecule has 0 saturated carbocycles. The summed E-state index contributed by atoms with van der Waals surface area (Å²) in [6.45, 7) is 8.17. The second-order valence-corrected chi connectivity index (χ2v) is 10.1. The first-order valence-electron chi connectivity index (χ1n) is 13.5. The van der Waals surface area contributed by atoms with Gasteiger partial charge in [0.1, 0.15) is 0 Å². The SMILES string of the molecule is CCCCOc1cc2c(cc1OCCCC)C(CCC1c3ccccc3-c3ccccc31)C(C)=C2. The van der Waals surface area contributed by atoms with E-state index in [9.17, 15) is 0 Å². The predicted molar refractivity (Wildman–Crippen MR) is 147 cm³/mol. The van der Waals surface area contributed by atoms with E-state index in [1.54, 1.807) is 0 Å². The lowest BCUT2D eigenvalue weighted by Gasteiger charge is -2.21. The molecule has 2 aliphatic rings. The average molecular weight is 467 g/mol. The molecule has 2 nitrogen and oxygen atoms in total. The molecular weight excluding hydrogens is 428 g/mol. The largest absolute Gasteiger partial charge is 0.490 e. The van der Waals surface area contributed by atoms with E-state index in [1.165, 1.54) is 39.0 Å². The van der Waals surface area contributed by atoms with Crippen molar-refractivity contribution in [1.82, 2.24) is 0 Å². The topological polar surface area (TPSA) is 18.5 Å². The van der Waals surface area contributed by atoms with Crippen LogP contribution in [0, 0.1) is 0 Å². The number of ether oxygens (including phenoxy) is 2. The van der Waals surface area contributed by atoms with Crippen LogP contribution in [-0.4, -0.2) is 13.2 Å². The Bertz CT molecular complexity index is 1160. The van der Waals surface area contributed by atoms with Crippen molar-refractivity contribution in [1.29, 1.82) is 0 Å². The minimum atomic E-state index is 0.433. The lowest BCUT2D eigenvalue weighted by atomic mass is 9.85. The van der Waals surface area contributed by atoms with Crippen LogP contribution in [0.5, 0.6) is 11.5 Å². The zero-order chi connectivity index (χ0) is 24.2. The van der Waals surface area contributed by atoms with Crippen LogP contribution >= 0.6 is 0 Å². The van der Waals surface area contributed by atoms with Crippen molar-refractivity contribution in [2.75, 3.05) is 13.2 Å². The van der Waals surface area contributed by atoms with E-state index in [0.29, 0.717) is 11.8 Å². The molecule has 0 bridgehead atoms. The first kappa shape index (κ1) is 23.7. The summed E-state index contributed by atoms with van der Waals surface area (Å²) in [5, 5.41) is 0. The maximum atomic E-state index is 6.24. The van der Waals surface area contributed by atoms with Gasteiger partial charge in [0, 0.05) is 11.8 Å². The molecule has 0 amide bonds. The highest BCUT2D eigenvalue weighted by Crippen LogP contribution is 2.50. The maximum Gasteiger partial charge on any atom is 0.161 e. The molecule has 2 aliphatic carbocycles. The normalized spacial score (nSPS) is 16.0. The molecule has 35 heavy (non-hydrogen) atoms. The average Bonchev–Trinajstić information content (AvgIpc) is 3.36. The molecule has 0 saturated heterocycles. The Labute approximate surface area is 211 Å². The molecule has 0 fully saturated rings. The van der Waals surface area contributed by atoms with Crippen LogP contribution in [-0.2, 0) is 0 Å². The van der Waals surface area contributed by atoms with Gasteiger partial charge in [0.15, 0.2) is 11.5 Å². The lowest BCUT2D eigenvalue weighted by molar-refractivity contribution is 0.261. The molecular formula is C33H38O2. The number of rotatable bonds is 11. The highest BCUT2D eigenvalue weighted by Gasteiger charge is 2.31. The van der Waals surface area contributed by atoms with Gasteiger partial charge in [0.05, 0.1) is 13.2 Å². The van der Waals surface area contributed by atoms with E-state index in [0.717, 1.165) is 63.2 Å². The Balaban J connectivity index is 1.39. The van der Waals surface area contributed by atoms with Gasteiger partial charge in [-0.2, -0.15) is 0 Å². The van der Waals surface area contributed by atoms with E-state index in [2.05, 4.69) is 87.5 Å². The highest BCUT2D eigenvalue weighted by molar-refractivity contribution is 5.78. The molecule has 1 atom stereocenters. The van der Waals surface area contributed by atoms with Gasteiger partial charge in [0.2, 0.25) is 0 Å². The molecule has 3 aromatic rings. The molecule has 0 aliphatic heterocycles. The highest BCUT2D eigenvalue weighted by atomic mass is 16.5. The fraction of sp³-hybridized carbons (Fsp3) is 0.394. The second kappa shape index (κ2) is 10.7. The Morgan fingerprint density at radius 3 is 1.80 bits per heavy atom. The predicted octanol–water partition coefficient (Wildman–Crippen LogP) is 9.14. The Hall–Kier alpha value is -3.00. The standard InChI is InChI=1S/C33H38O2/c1-4-6-18-34-32-21-24-20-23(3)25(31(24)22-33(32)35-19-7-5-2)16-17-30-28-14-10-8-12-26(28)27-13-9-11-15-29(27)30/h8-15,20-22,25,30H,4-7,16-19H2,1-3H3. The molecule has 182 valence electrons. The summed E-state index contributed by atoms with van der Waals surface area (Å²) >= 11 is 0. The van der Waals surface area contributed by atoms with Gasteiger partial charge >= 0.3 is 0 Å². The Morgan fingerprint density at radius 2 is 1.20 bits per heavy atom. The van der Waals surface area contributed by atoms with Crippen molar-refractivity contribution in [3.05, 3.63) is 88.5 Å². The quantitative estimate of drug-likeness (QED) is 0.262. The summed E-state index contributed by atoms with van der Waals surface area (Å²) in [4.78, 5) is 0. The van der Waals surface area contributed by atoms with Crippen molar-refractivity contribution in [3.8, 4) is 22.6 Å². The molecule has 3 aromatic carbocycles. The summed E-state index contributed by atoms with van der Waals surface area (Å²) in [5.74, 6) is 2.72. The van der Waals surface area contributed by atoms with Crippen molar-refractivity contribution in [2.24, 2.45) is 0 Å². The minimum absolute atomic E-state index is 0.433. The fourth-order valence-electron chi connectivity index (χ4n) is 5.78. The first-order chi connectivity index (χ1) is 17.2. The van der Waals surface area contributed by atoms with Gasteiger partial charge in [-0.05, 0) is 78.1 Å². The third-order valence-corrected chi connectivity index (χ3v) is 7.68. The van der Waals surface area contributed by atoms with Crippen molar-refractivity contribution in [2.45, 2.75) is 71.1 Å². The van der Waals surface area contributed by atoms with Crippen LogP contribution in [0.1, 0.15) is 93.4 Å². The molecule has 0 radical (unpaired) electrons. The van der Waals surface area contributed by atoms with Crippen molar-refractivity contribution in [3.63, 3.8) is 0 Å². The van der Waals surface area contributed by atoms with Crippen LogP contribution in [0.2, 0.25) is 0 Å². The molecule has 0 heterocycles. The van der Waals surface area contributed by atoms with Crippen molar-refractivity contribution < 1.29 is 9.47 Å². The molecule has 2 heteroatoms. The number of allylic oxidation sites excluding steroid dienone is 1. The molecule has 1 unspecified atom stereocenters. The van der Waals surface area contributed by atoms with Crippen LogP contribution in [0.25, 0.3) is 17.2 Å². The van der Waals surface area contributed by atoms with E-state index in [4.69, 9.17) is 9.47 Å². The zero-order valence-corrected chi connectivity index (χ0v) is 21.5. The minimum Gasteiger partial charge on any atom is -0.490 e. The summed E-state index contributed by atoms with van der Waals surface area (Å²) in [5.41, 5.74) is 9.93. The third kappa shape index (κ3) is 4.76. The smallest absolute Gasteiger partial charge is 0.161 e. The van der Waals surface area contributed by atoms with E-state index >= 15 is 0 Å². The van der Waals surface area contributed by atoms with Gasteiger partial charge in [-0.15, -0.1) is 0 Å². The second-order valence-electron chi connectivity index (χ2n) is 10.1. The Kier molecular flexibility index (Phi) is 7.27. The van der Waals surface area contributed by atoms with Gasteiger partial charge < -0.3 is 9.47 Å². The fourth-order valence-corrected chi connectivity index (χ4v) is 5.78. The number of hydrogen-bond donors (Lipinski definition) is 0. The summed E-state index contributed by atoms with van der Waals surface area (Å²) in [6, 6.07) is 22.4. The summed E-state index contributed by atoms with van der Waals surface area (Å²) < 4.78 is 12.4. The number of benzene rings is 3. The lowest BCUT2D eigenvalue weighted by Crippen LogP contribution is -2.06. The van der Waals surface area contributed by atoms with Gasteiger partial charge in [-0.25, -0.2) is 0 Å². The maximum absolute atomic E-state index is 6.24. The zero-order valence-electron chi connectivity index (χ0n) is 21.5. The van der Waals surface area contributed by atoms with Crippen molar-refractivity contribution >= 4 is 6.08 Å². The summed E-state index contributed by atoms with van der Waals surface area (Å²) in [7, 11) is 0. The number of hydrogen-bond acceptors (Lipinski definition) is 2. The van der Waals surface area contributed by atoms with E-state index in [1.807, 2.05) is 0 Å². The monoisotopic (exact) mass is 466 g/mol. The number of unbranched alkanes of at least 4 members (excludes halogenated alkanes) is 2. The molecule has 0 aromatic heterocycles. The van der Waals surface area contributed by atoms with Crippen LogP contribution in [0.3, 0.4) is 0 Å². The number of fused-ring (bicyclic) bond motifs is 4. The molecule has 0 N–H and O–H groups in total. The first-order valence-corrected chi connectivity index (χ1v) is 13.5. The van der Waals surface area contributed by atoms with E-state index in [-0.39, 0.29) is 0 Å². The van der Waals surface area contributed by atoms with Gasteiger partial charge in [-0.3, -0.25) is 0 Å². The molecule has 5 rings (SSSR count).